The number of rotatable bonds is 3. The molecule has 0 fully saturated rings. The molecule has 0 aliphatic heterocycles. The third kappa shape index (κ3) is 11.3. The lowest BCUT2D eigenvalue weighted by Gasteiger charge is -2.28. The van der Waals surface area contributed by atoms with Crippen LogP contribution in [0.15, 0.2) is 0 Å². The summed E-state index contributed by atoms with van der Waals surface area (Å²) in [5, 5.41) is 19.5. The van der Waals surface area contributed by atoms with Crippen LogP contribution in [0.2, 0.25) is 0 Å². The number of hydrogen-bond donors (Lipinski definition) is 3. The van der Waals surface area contributed by atoms with Gasteiger partial charge in [-0.15, -0.1) is 0 Å². The first-order valence-electron chi connectivity index (χ1n) is 5.56. The van der Waals surface area contributed by atoms with Gasteiger partial charge in [0.25, 0.3) is 0 Å². The molecule has 0 aliphatic carbocycles. The fourth-order valence-corrected chi connectivity index (χ4v) is 0.938. The van der Waals surface area contributed by atoms with Crippen molar-refractivity contribution < 1.29 is 15.0 Å². The lowest BCUT2D eigenvalue weighted by molar-refractivity contribution is 0.0926. The highest BCUT2D eigenvalue weighted by Gasteiger charge is 2.19. The summed E-state index contributed by atoms with van der Waals surface area (Å²) in [6.07, 6.45) is 1.25. The number of carbonyl (C=O) groups excluding carboxylic acids is 1. The third-order valence-electron chi connectivity index (χ3n) is 1.35. The minimum atomic E-state index is -0.458. The molecule has 0 spiro atoms. The number of hydrogen-bond acceptors (Lipinski definition) is 3. The molecule has 16 heavy (non-hydrogen) atoms. The zero-order valence-corrected chi connectivity index (χ0v) is 11.1. The third-order valence-corrected chi connectivity index (χ3v) is 1.35. The SMILES string of the molecule is CC(C)(C)CN(CO)C(=O)NCO.CCC. The maximum Gasteiger partial charge on any atom is 0.321 e. The number of nitrogens with one attached hydrogen (secondary N) is 1. The van der Waals surface area contributed by atoms with Gasteiger partial charge in [0.15, 0.2) is 0 Å². The van der Waals surface area contributed by atoms with Crippen LogP contribution in [-0.4, -0.2) is 41.2 Å². The van der Waals surface area contributed by atoms with E-state index in [1.807, 2.05) is 20.8 Å². The molecule has 0 aromatic carbocycles. The number of aliphatic hydroxyl groups is 2. The zero-order valence-electron chi connectivity index (χ0n) is 11.1. The summed E-state index contributed by atoms with van der Waals surface area (Å²) in [6, 6.07) is -0.458. The lowest BCUT2D eigenvalue weighted by Crippen LogP contribution is -2.44. The molecule has 0 atom stereocenters. The van der Waals surface area contributed by atoms with Gasteiger partial charge < -0.3 is 20.4 Å². The van der Waals surface area contributed by atoms with Gasteiger partial charge in [-0.25, -0.2) is 4.79 Å². The first-order chi connectivity index (χ1) is 7.32. The molecule has 0 radical (unpaired) electrons. The van der Waals surface area contributed by atoms with Crippen LogP contribution in [-0.2, 0) is 0 Å². The summed E-state index contributed by atoms with van der Waals surface area (Å²) in [5.41, 5.74) is -0.0739. The second kappa shape index (κ2) is 9.42. The Hall–Kier alpha value is -0.810. The Morgan fingerprint density at radius 3 is 1.94 bits per heavy atom. The van der Waals surface area contributed by atoms with Crippen LogP contribution in [0.5, 0.6) is 0 Å². The van der Waals surface area contributed by atoms with Crippen LogP contribution in [0, 0.1) is 5.41 Å². The van der Waals surface area contributed by atoms with Crippen molar-refractivity contribution in [2.75, 3.05) is 20.0 Å². The molecule has 0 unspecified atom stereocenters. The van der Waals surface area contributed by atoms with Crippen LogP contribution in [0.25, 0.3) is 0 Å². The standard InChI is InChI=1S/C8H18N2O3.C3H8/c1-8(2,3)4-10(6-12)7(13)9-5-11;1-3-2/h11-12H,4-6H2,1-3H3,(H,9,13);3H2,1-2H3. The zero-order chi connectivity index (χ0) is 13.2. The normalized spacial score (nSPS) is 10.2. The molecule has 0 aromatic heterocycles. The molecule has 5 heteroatoms. The van der Waals surface area contributed by atoms with Gasteiger partial charge in [0.05, 0.1) is 0 Å². The van der Waals surface area contributed by atoms with Crippen molar-refractivity contribution in [1.82, 2.24) is 10.2 Å². The van der Waals surface area contributed by atoms with Crippen LogP contribution in [0.1, 0.15) is 41.0 Å². The van der Waals surface area contributed by atoms with Crippen molar-refractivity contribution in [1.29, 1.82) is 0 Å². The van der Waals surface area contributed by atoms with Gasteiger partial charge in [0.1, 0.15) is 13.5 Å². The van der Waals surface area contributed by atoms with E-state index in [2.05, 4.69) is 19.2 Å². The molecule has 0 heterocycles. The van der Waals surface area contributed by atoms with Crippen LogP contribution >= 0.6 is 0 Å². The van der Waals surface area contributed by atoms with Crippen molar-refractivity contribution in [3.8, 4) is 0 Å². The van der Waals surface area contributed by atoms with Crippen molar-refractivity contribution in [3.05, 3.63) is 0 Å². The summed E-state index contributed by atoms with van der Waals surface area (Å²) in [4.78, 5) is 12.4. The second-order valence-corrected chi connectivity index (χ2v) is 4.75. The average molecular weight is 234 g/mol. The maximum atomic E-state index is 11.1. The smallest absolute Gasteiger partial charge is 0.321 e. The highest BCUT2D eigenvalue weighted by Crippen LogP contribution is 2.14. The average Bonchev–Trinajstić information content (AvgIpc) is 2.14. The quantitative estimate of drug-likeness (QED) is 0.646. The molecule has 0 aliphatic rings. The number of carbonyl (C=O) groups is 1. The van der Waals surface area contributed by atoms with Crippen molar-refractivity contribution >= 4 is 6.03 Å². The van der Waals surface area contributed by atoms with E-state index in [0.717, 1.165) is 0 Å². The van der Waals surface area contributed by atoms with Crippen LogP contribution in [0.3, 0.4) is 0 Å². The molecular weight excluding hydrogens is 208 g/mol. The van der Waals surface area contributed by atoms with Gasteiger partial charge in [-0.1, -0.05) is 41.0 Å². The molecule has 0 bridgehead atoms. The summed E-state index contributed by atoms with van der Waals surface area (Å²) >= 11 is 0. The Morgan fingerprint density at radius 2 is 1.69 bits per heavy atom. The monoisotopic (exact) mass is 234 g/mol. The Bertz CT molecular complexity index is 179. The molecule has 0 aromatic rings. The molecule has 5 nitrogen and oxygen atoms in total. The number of aliphatic hydroxyl groups excluding tert-OH is 2. The largest absolute Gasteiger partial charge is 0.376 e. The molecule has 98 valence electrons. The predicted molar refractivity (Wildman–Crippen MR) is 64.8 cm³/mol. The molecule has 0 rings (SSSR count). The van der Waals surface area contributed by atoms with Gasteiger partial charge in [-0.05, 0) is 5.41 Å². The van der Waals surface area contributed by atoms with Crippen molar-refractivity contribution in [2.45, 2.75) is 41.0 Å². The molecule has 3 N–H and O–H groups in total. The topological polar surface area (TPSA) is 72.8 Å². The van der Waals surface area contributed by atoms with Crippen LogP contribution in [0.4, 0.5) is 4.79 Å². The van der Waals surface area contributed by atoms with E-state index >= 15 is 0 Å². The highest BCUT2D eigenvalue weighted by molar-refractivity contribution is 5.73. The lowest BCUT2D eigenvalue weighted by atomic mass is 9.96. The number of urea groups is 1. The Morgan fingerprint density at radius 1 is 1.25 bits per heavy atom. The van der Waals surface area contributed by atoms with E-state index in [4.69, 9.17) is 10.2 Å². The molecule has 2 amide bonds. The minimum absolute atomic E-state index is 0.0739. The van der Waals surface area contributed by atoms with Crippen molar-refractivity contribution in [3.63, 3.8) is 0 Å². The predicted octanol–water partition coefficient (Wildman–Crippen LogP) is 1.36. The molecular formula is C11H26N2O3. The minimum Gasteiger partial charge on any atom is -0.376 e. The van der Waals surface area contributed by atoms with Crippen molar-refractivity contribution in [2.24, 2.45) is 5.41 Å². The van der Waals surface area contributed by atoms with E-state index in [1.54, 1.807) is 0 Å². The number of amides is 2. The first-order valence-corrected chi connectivity index (χ1v) is 5.56. The Labute approximate surface area is 98.5 Å². The van der Waals surface area contributed by atoms with E-state index < -0.39 is 12.8 Å². The maximum absolute atomic E-state index is 11.1. The second-order valence-electron chi connectivity index (χ2n) is 4.75. The summed E-state index contributed by atoms with van der Waals surface area (Å²) in [5.74, 6) is 0. The molecule has 0 saturated carbocycles. The van der Waals surface area contributed by atoms with E-state index in [9.17, 15) is 4.79 Å². The van der Waals surface area contributed by atoms with E-state index in [-0.39, 0.29) is 12.1 Å². The fourth-order valence-electron chi connectivity index (χ4n) is 0.938. The number of nitrogens with zero attached hydrogens (tertiary/aromatic N) is 1. The van der Waals surface area contributed by atoms with E-state index in [0.29, 0.717) is 6.54 Å². The van der Waals surface area contributed by atoms with Gasteiger partial charge in [-0.3, -0.25) is 0 Å². The summed E-state index contributed by atoms with van der Waals surface area (Å²) in [6.45, 7) is 9.81. The summed E-state index contributed by atoms with van der Waals surface area (Å²) < 4.78 is 0. The summed E-state index contributed by atoms with van der Waals surface area (Å²) in [7, 11) is 0. The van der Waals surface area contributed by atoms with Gasteiger partial charge >= 0.3 is 6.03 Å². The Balaban J connectivity index is 0. The van der Waals surface area contributed by atoms with Gasteiger partial charge in [-0.2, -0.15) is 0 Å². The Kier molecular flexibility index (Phi) is 10.3. The molecule has 0 saturated heterocycles. The van der Waals surface area contributed by atoms with E-state index in [1.165, 1.54) is 11.3 Å². The fraction of sp³-hybridized carbons (Fsp3) is 0.909. The highest BCUT2D eigenvalue weighted by atomic mass is 16.3. The van der Waals surface area contributed by atoms with Gasteiger partial charge in [0.2, 0.25) is 0 Å². The van der Waals surface area contributed by atoms with Gasteiger partial charge in [0, 0.05) is 6.54 Å². The van der Waals surface area contributed by atoms with Crippen LogP contribution < -0.4 is 5.32 Å². The first kappa shape index (κ1) is 17.6.